The Kier molecular flexibility index (Phi) is 6.75. The van der Waals surface area contributed by atoms with E-state index in [4.69, 9.17) is 15.9 Å². The second-order valence-corrected chi connectivity index (χ2v) is 8.82. The molecule has 0 atom stereocenters. The summed E-state index contributed by atoms with van der Waals surface area (Å²) >= 11 is 0. The third-order valence-electron chi connectivity index (χ3n) is 6.33. The minimum absolute atomic E-state index is 0.00598. The average molecular weight is 481 g/mol. The number of carbonyl (C=O) groups excluding carboxylic acids is 1. The monoisotopic (exact) mass is 480 g/mol. The number of nitrogens with two attached hydrogens (primary N) is 1. The molecule has 4 N–H and O–H groups in total. The van der Waals surface area contributed by atoms with Crippen molar-refractivity contribution in [3.05, 3.63) is 95.3 Å². The van der Waals surface area contributed by atoms with E-state index in [9.17, 15) is 4.79 Å². The number of hydrogen-bond donors (Lipinski definition) is 3. The zero-order valence-corrected chi connectivity index (χ0v) is 19.9. The lowest BCUT2D eigenvalue weighted by molar-refractivity contribution is 0.0793. The number of nitrogens with one attached hydrogen (secondary N) is 2. The van der Waals surface area contributed by atoms with Crippen LogP contribution in [-0.2, 0) is 13.2 Å². The van der Waals surface area contributed by atoms with Crippen LogP contribution < -0.4 is 15.8 Å². The first-order valence-corrected chi connectivity index (χ1v) is 12.0. The van der Waals surface area contributed by atoms with Gasteiger partial charge in [-0.2, -0.15) is 0 Å². The van der Waals surface area contributed by atoms with Gasteiger partial charge in [-0.1, -0.05) is 30.3 Å². The molecule has 1 aliphatic rings. The number of ether oxygens (including phenoxy) is 1. The Bertz CT molecular complexity index is 1400. The number of fused-ring (bicyclic) bond motifs is 1. The van der Waals surface area contributed by atoms with Gasteiger partial charge in [0.2, 0.25) is 0 Å². The molecule has 0 bridgehead atoms. The van der Waals surface area contributed by atoms with E-state index >= 15 is 0 Å². The summed E-state index contributed by atoms with van der Waals surface area (Å²) in [5.41, 5.74) is 9.61. The number of benzene rings is 3. The topological polar surface area (TPSA) is 117 Å². The summed E-state index contributed by atoms with van der Waals surface area (Å²) in [5.74, 6) is 1.40. The number of nitrogens with zero attached hydrogens (tertiary/aromatic N) is 3. The number of likely N-dealkylation sites (tertiary alicyclic amines) is 1. The van der Waals surface area contributed by atoms with Crippen LogP contribution in [0, 0.1) is 5.41 Å². The van der Waals surface area contributed by atoms with Crippen LogP contribution in [0.15, 0.2) is 73.1 Å². The molecule has 5 rings (SSSR count). The van der Waals surface area contributed by atoms with E-state index in [2.05, 4.69) is 15.3 Å². The first-order chi connectivity index (χ1) is 17.6. The third-order valence-corrected chi connectivity index (χ3v) is 6.33. The molecule has 0 unspecified atom stereocenters. The quantitative estimate of drug-likeness (QED) is 0.255. The lowest BCUT2D eigenvalue weighted by Gasteiger charge is -2.16. The maximum atomic E-state index is 12.8. The van der Waals surface area contributed by atoms with E-state index in [1.54, 1.807) is 6.07 Å². The van der Waals surface area contributed by atoms with Crippen molar-refractivity contribution in [1.82, 2.24) is 14.9 Å². The van der Waals surface area contributed by atoms with Crippen LogP contribution in [0.1, 0.15) is 39.9 Å². The molecule has 0 saturated carbocycles. The number of rotatable bonds is 8. The summed E-state index contributed by atoms with van der Waals surface area (Å²) in [5, 5.41) is 12.0. The fourth-order valence-corrected chi connectivity index (χ4v) is 4.37. The summed E-state index contributed by atoms with van der Waals surface area (Å²) in [7, 11) is 0. The highest BCUT2D eigenvalue weighted by molar-refractivity contribution is 6.00. The molecule has 1 aliphatic heterocycles. The molecule has 4 aromatic rings. The zero-order valence-electron chi connectivity index (χ0n) is 19.9. The predicted octanol–water partition coefficient (Wildman–Crippen LogP) is 4.34. The molecule has 182 valence electrons. The Hall–Kier alpha value is -4.46. The van der Waals surface area contributed by atoms with E-state index in [0.717, 1.165) is 42.4 Å². The SMILES string of the molecule is N=C(N)c1ccc(OCc2ccccc2)c(CNc2ncnc3cc(C(=O)N4CCCC4)ccc23)c1. The van der Waals surface area contributed by atoms with Gasteiger partial charge in [-0.05, 0) is 54.8 Å². The first kappa shape index (κ1) is 23.3. The van der Waals surface area contributed by atoms with Crippen LogP contribution in [0.4, 0.5) is 5.82 Å². The van der Waals surface area contributed by atoms with Gasteiger partial charge in [0.25, 0.3) is 5.91 Å². The van der Waals surface area contributed by atoms with Gasteiger partial charge in [0.15, 0.2) is 0 Å². The minimum atomic E-state index is -0.00598. The number of aromatic nitrogens is 2. The maximum absolute atomic E-state index is 12.8. The smallest absolute Gasteiger partial charge is 0.253 e. The van der Waals surface area contributed by atoms with Gasteiger partial charge >= 0.3 is 0 Å². The van der Waals surface area contributed by atoms with Crippen molar-refractivity contribution >= 4 is 28.5 Å². The van der Waals surface area contributed by atoms with E-state index in [0.29, 0.717) is 41.4 Å². The van der Waals surface area contributed by atoms with Gasteiger partial charge in [-0.15, -0.1) is 0 Å². The summed E-state index contributed by atoms with van der Waals surface area (Å²) < 4.78 is 6.10. The summed E-state index contributed by atoms with van der Waals surface area (Å²) in [6, 6.07) is 21.0. The predicted molar refractivity (Wildman–Crippen MR) is 140 cm³/mol. The van der Waals surface area contributed by atoms with Crippen molar-refractivity contribution in [2.75, 3.05) is 18.4 Å². The number of nitrogen functional groups attached to an aromatic ring is 1. The van der Waals surface area contributed by atoms with Gasteiger partial charge in [0.1, 0.15) is 30.3 Å². The van der Waals surface area contributed by atoms with Crippen molar-refractivity contribution in [2.24, 2.45) is 5.73 Å². The van der Waals surface area contributed by atoms with Gasteiger partial charge < -0.3 is 20.7 Å². The highest BCUT2D eigenvalue weighted by Gasteiger charge is 2.20. The van der Waals surface area contributed by atoms with Crippen LogP contribution in [0.3, 0.4) is 0 Å². The molecule has 8 heteroatoms. The standard InChI is InChI=1S/C28H28N6O2/c29-26(30)20-9-11-25(36-17-19-6-2-1-3-7-19)22(14-20)16-31-27-23-10-8-21(15-24(23)32-18-33-27)28(35)34-12-4-5-13-34/h1-3,6-11,14-15,18H,4-5,12-13,16-17H2,(H3,29,30)(H,31,32,33). The molecular formula is C28H28N6O2. The van der Waals surface area contributed by atoms with Crippen molar-refractivity contribution in [3.63, 3.8) is 0 Å². The summed E-state index contributed by atoms with van der Waals surface area (Å²) in [4.78, 5) is 23.5. The van der Waals surface area contributed by atoms with Crippen molar-refractivity contribution < 1.29 is 9.53 Å². The molecule has 3 aromatic carbocycles. The second kappa shape index (κ2) is 10.4. The highest BCUT2D eigenvalue weighted by atomic mass is 16.5. The van der Waals surface area contributed by atoms with Crippen LogP contribution in [0.5, 0.6) is 5.75 Å². The zero-order chi connectivity index (χ0) is 24.9. The molecule has 0 radical (unpaired) electrons. The fourth-order valence-electron chi connectivity index (χ4n) is 4.37. The molecule has 0 spiro atoms. The number of anilines is 1. The van der Waals surface area contributed by atoms with Gasteiger partial charge in [0, 0.05) is 41.7 Å². The van der Waals surface area contributed by atoms with Crippen molar-refractivity contribution in [2.45, 2.75) is 26.0 Å². The van der Waals surface area contributed by atoms with Crippen molar-refractivity contribution in [3.8, 4) is 5.75 Å². The molecule has 1 saturated heterocycles. The van der Waals surface area contributed by atoms with Crippen LogP contribution >= 0.6 is 0 Å². The van der Waals surface area contributed by atoms with E-state index in [1.165, 1.54) is 6.33 Å². The van der Waals surface area contributed by atoms with Gasteiger partial charge in [-0.3, -0.25) is 10.2 Å². The number of carbonyl (C=O) groups is 1. The number of hydrogen-bond acceptors (Lipinski definition) is 6. The Balaban J connectivity index is 1.37. The number of amidine groups is 1. The first-order valence-electron chi connectivity index (χ1n) is 12.0. The largest absolute Gasteiger partial charge is 0.489 e. The number of amides is 1. The minimum Gasteiger partial charge on any atom is -0.489 e. The molecule has 36 heavy (non-hydrogen) atoms. The normalized spacial score (nSPS) is 13.1. The fraction of sp³-hybridized carbons (Fsp3) is 0.214. The van der Waals surface area contributed by atoms with Crippen LogP contribution in [0.2, 0.25) is 0 Å². The van der Waals surface area contributed by atoms with E-state index < -0.39 is 0 Å². The molecule has 2 heterocycles. The molecular weight excluding hydrogens is 452 g/mol. The Morgan fingerprint density at radius 2 is 1.78 bits per heavy atom. The van der Waals surface area contributed by atoms with Crippen molar-refractivity contribution in [1.29, 1.82) is 5.41 Å². The molecule has 1 fully saturated rings. The third kappa shape index (κ3) is 5.12. The Labute approximate surface area is 209 Å². The molecule has 1 aromatic heterocycles. The lowest BCUT2D eigenvalue weighted by Crippen LogP contribution is -2.27. The average Bonchev–Trinajstić information content (AvgIpc) is 3.46. The molecule has 8 nitrogen and oxygen atoms in total. The lowest BCUT2D eigenvalue weighted by atomic mass is 10.1. The summed E-state index contributed by atoms with van der Waals surface area (Å²) in [6.07, 6.45) is 3.60. The molecule has 0 aliphatic carbocycles. The highest BCUT2D eigenvalue weighted by Crippen LogP contribution is 2.26. The Morgan fingerprint density at radius 3 is 2.56 bits per heavy atom. The Morgan fingerprint density at radius 1 is 1.00 bits per heavy atom. The van der Waals surface area contributed by atoms with Crippen LogP contribution in [0.25, 0.3) is 10.9 Å². The summed E-state index contributed by atoms with van der Waals surface area (Å²) in [6.45, 7) is 2.45. The van der Waals surface area contributed by atoms with Gasteiger partial charge in [0.05, 0.1) is 5.52 Å². The van der Waals surface area contributed by atoms with E-state index in [1.807, 2.05) is 65.6 Å². The maximum Gasteiger partial charge on any atom is 0.253 e. The van der Waals surface area contributed by atoms with Crippen LogP contribution in [-0.4, -0.2) is 39.7 Å². The van der Waals surface area contributed by atoms with Gasteiger partial charge in [-0.25, -0.2) is 9.97 Å². The molecule has 1 amide bonds. The second-order valence-electron chi connectivity index (χ2n) is 8.82. The van der Waals surface area contributed by atoms with E-state index in [-0.39, 0.29) is 11.7 Å².